The Balaban J connectivity index is 0.000000174. The minimum absolute atomic E-state index is 0.0636. The van der Waals surface area contributed by atoms with Gasteiger partial charge in [-0.2, -0.15) is 0 Å². The van der Waals surface area contributed by atoms with Crippen LogP contribution in [0.5, 0.6) is 23.0 Å². The predicted octanol–water partition coefficient (Wildman–Crippen LogP) is 14.8. The first-order valence-corrected chi connectivity index (χ1v) is 34.1. The largest absolute Gasteiger partial charge is 0.497 e. The van der Waals surface area contributed by atoms with Crippen LogP contribution in [0.25, 0.3) is 44.3 Å². The van der Waals surface area contributed by atoms with Gasteiger partial charge in [-0.1, -0.05) is 94.4 Å². The fourth-order valence-corrected chi connectivity index (χ4v) is 13.1. The van der Waals surface area contributed by atoms with Gasteiger partial charge >= 0.3 is 13.1 Å². The number of hydrogen-bond acceptors (Lipinski definition) is 17. The molecule has 2 saturated heterocycles. The molecule has 2 aliphatic heterocycles. The van der Waals surface area contributed by atoms with Gasteiger partial charge in [0, 0.05) is 127 Å². The zero-order valence-electron chi connectivity index (χ0n) is 56.8. The van der Waals surface area contributed by atoms with Crippen LogP contribution in [0, 0.1) is 27.7 Å². The maximum absolute atomic E-state index is 13.4. The lowest BCUT2D eigenvalue weighted by atomic mass is 9.79. The molecule has 0 aliphatic carbocycles. The molecule has 99 heavy (non-hydrogen) atoms. The molecule has 2 aromatic heterocycles. The molecule has 10 aromatic rings. The molecule has 0 bridgehead atoms. The predicted molar refractivity (Wildman–Crippen MR) is 406 cm³/mol. The molecule has 0 radical (unpaired) electrons. The first-order chi connectivity index (χ1) is 47.5. The minimum atomic E-state index is -1.43. The quantitative estimate of drug-likeness (QED) is 0.0503. The summed E-state index contributed by atoms with van der Waals surface area (Å²) in [5.74, 6) is 1.17. The molecule has 0 spiro atoms. The molecule has 8 aromatic carbocycles. The molecular weight excluding hydrogens is 1410 g/mol. The lowest BCUT2D eigenvalue weighted by Crippen LogP contribution is -2.46. The number of rotatable bonds is 14. The van der Waals surface area contributed by atoms with Crippen LogP contribution >= 0.6 is 62.3 Å². The number of nitrogens with zero attached hydrogens (tertiary/aromatic N) is 8. The van der Waals surface area contributed by atoms with Gasteiger partial charge < -0.3 is 64.8 Å². The standard InChI is InChI=1S/C29H29Cl2N5O2.C17H12Cl2N2O3.C12H19N3.C8H11BO3.C8H9BrO/c1-4-35-13-15-36(16-14-35)20-7-5-19(6-8-20)34-29(37)22-10-9-21(27-28(22)33-12-11-32-27)24-25(30)18(2)17-23(38-3)26(24)31;1-8-7-11(24-2)14(19)12(13(8)18)9-3-4-10(17(22)23)16-15(9)20-5-6-21-16;1-2-14-7-9-15(10-8-14)12-5-3-11(13)4-6-12;1-6-3-7(9(10)11)5-8(4-6)12-2;1-6-3-7(9)5-8(4-6)10-2/h5-12,17H,4,13-16H2,1-3H3,(H,34,37);3-7H,1-2H3,(H,22,23);3-6H,2,7-10,13H2,1H3;3-5,10-11H,1-2H3;3-5H,1-2H3. The van der Waals surface area contributed by atoms with Crippen LogP contribution < -0.4 is 45.3 Å². The molecule has 6 N–H and O–H groups in total. The Morgan fingerprint density at radius 3 is 1.35 bits per heavy atom. The van der Waals surface area contributed by atoms with E-state index in [1.54, 1.807) is 76.2 Å². The van der Waals surface area contributed by atoms with E-state index in [2.05, 4.69) is 86.8 Å². The summed E-state index contributed by atoms with van der Waals surface area (Å²) in [4.78, 5) is 52.0. The van der Waals surface area contributed by atoms with Crippen molar-refractivity contribution >= 4 is 132 Å². The van der Waals surface area contributed by atoms with Crippen LogP contribution in [0.2, 0.25) is 20.1 Å². The number of aromatic carboxylic acids is 1. The third-order valence-electron chi connectivity index (χ3n) is 16.6. The van der Waals surface area contributed by atoms with Crippen LogP contribution in [0.15, 0.2) is 151 Å². The van der Waals surface area contributed by atoms with Crippen molar-refractivity contribution in [3.8, 4) is 45.3 Å². The fourth-order valence-electron chi connectivity index (χ4n) is 11.3. The van der Waals surface area contributed by atoms with Crippen molar-refractivity contribution in [2.45, 2.75) is 41.5 Å². The number of aromatic nitrogens is 4. The van der Waals surface area contributed by atoms with Gasteiger partial charge in [-0.25, -0.2) is 4.79 Å². The fraction of sp³-hybridized carbons (Fsp3) is 0.270. The monoisotopic (exact) mass is 1480 g/mol. The second-order valence-corrected chi connectivity index (χ2v) is 25.6. The maximum Gasteiger partial charge on any atom is 0.488 e. The topological polar surface area (TPSA) is 234 Å². The Morgan fingerprint density at radius 2 is 0.939 bits per heavy atom. The Kier molecular flexibility index (Phi) is 27.8. The number of ether oxygens (including phenoxy) is 4. The van der Waals surface area contributed by atoms with Gasteiger partial charge in [-0.15, -0.1) is 0 Å². The highest BCUT2D eigenvalue weighted by atomic mass is 79.9. The van der Waals surface area contributed by atoms with Gasteiger partial charge in [-0.3, -0.25) is 24.7 Å². The number of carbonyl (C=O) groups is 2. The molecule has 0 unspecified atom stereocenters. The third kappa shape index (κ3) is 19.5. The number of anilines is 4. The van der Waals surface area contributed by atoms with Gasteiger partial charge in [0.1, 0.15) is 34.0 Å². The lowest BCUT2D eigenvalue weighted by Gasteiger charge is -2.35. The zero-order valence-corrected chi connectivity index (χ0v) is 61.5. The molecule has 25 heteroatoms. The summed E-state index contributed by atoms with van der Waals surface area (Å²) in [5.41, 5.74) is 18.4. The summed E-state index contributed by atoms with van der Waals surface area (Å²) in [5, 5.41) is 31.7. The number of nitrogen functional groups attached to an aromatic ring is 1. The number of hydrogen-bond donors (Lipinski definition) is 5. The number of fused-ring (bicyclic) bond motifs is 2. The highest BCUT2D eigenvalue weighted by Gasteiger charge is 2.25. The molecule has 518 valence electrons. The first-order valence-electron chi connectivity index (χ1n) is 31.8. The average Bonchev–Trinajstić information content (AvgIpc) is 0.766. The second-order valence-electron chi connectivity index (χ2n) is 23.2. The summed E-state index contributed by atoms with van der Waals surface area (Å²) in [7, 11) is 4.86. The number of nitrogens with one attached hydrogen (secondary N) is 1. The average molecular weight is 1490 g/mol. The van der Waals surface area contributed by atoms with Crippen LogP contribution in [0.4, 0.5) is 22.7 Å². The summed E-state index contributed by atoms with van der Waals surface area (Å²) in [6, 6.07) is 37.4. The van der Waals surface area contributed by atoms with E-state index < -0.39 is 13.1 Å². The number of benzene rings is 8. The van der Waals surface area contributed by atoms with Crippen molar-refractivity contribution in [1.82, 2.24) is 29.7 Å². The van der Waals surface area contributed by atoms with E-state index in [0.717, 1.165) is 90.6 Å². The van der Waals surface area contributed by atoms with Crippen LogP contribution in [-0.4, -0.2) is 158 Å². The highest BCUT2D eigenvalue weighted by Crippen LogP contribution is 2.46. The summed E-state index contributed by atoms with van der Waals surface area (Å²) in [6.07, 6.45) is 6.09. The molecule has 12 rings (SSSR count). The van der Waals surface area contributed by atoms with Gasteiger partial charge in [0.15, 0.2) is 0 Å². The number of likely N-dealkylation sites (N-methyl/N-ethyl adjacent to an activating group) is 2. The van der Waals surface area contributed by atoms with Gasteiger partial charge in [0.2, 0.25) is 0 Å². The Hall–Kier alpha value is -8.48. The number of carbonyl (C=O) groups excluding carboxylic acids is 1. The number of piperazine rings is 2. The van der Waals surface area contributed by atoms with E-state index >= 15 is 0 Å². The number of methoxy groups -OCH3 is 4. The van der Waals surface area contributed by atoms with Crippen molar-refractivity contribution < 1.29 is 43.7 Å². The van der Waals surface area contributed by atoms with Gasteiger partial charge in [-0.05, 0) is 172 Å². The van der Waals surface area contributed by atoms with Gasteiger partial charge in [0.25, 0.3) is 5.91 Å². The lowest BCUT2D eigenvalue weighted by molar-refractivity contribution is 0.0698. The van der Waals surface area contributed by atoms with Gasteiger partial charge in [0.05, 0.1) is 70.7 Å². The van der Waals surface area contributed by atoms with E-state index in [1.807, 2.05) is 88.4 Å². The molecule has 0 saturated carbocycles. The number of nitrogens with two attached hydrogens (primary N) is 1. The number of amides is 1. The van der Waals surface area contributed by atoms with Crippen molar-refractivity contribution in [1.29, 1.82) is 0 Å². The minimum Gasteiger partial charge on any atom is -0.497 e. The summed E-state index contributed by atoms with van der Waals surface area (Å²) in [6.45, 7) is 23.0. The first kappa shape index (κ1) is 76.3. The number of aryl methyl sites for hydroxylation is 4. The van der Waals surface area contributed by atoms with Crippen molar-refractivity contribution in [2.75, 3.05) is 115 Å². The van der Waals surface area contributed by atoms with E-state index in [0.29, 0.717) is 92.9 Å². The van der Waals surface area contributed by atoms with Crippen LogP contribution in [-0.2, 0) is 0 Å². The summed E-state index contributed by atoms with van der Waals surface area (Å²) >= 11 is 29.6. The number of carboxylic acid groups (broad SMARTS) is 1. The Morgan fingerprint density at radius 1 is 0.525 bits per heavy atom. The molecular formula is C74H80BBrCl4N10O9. The smallest absolute Gasteiger partial charge is 0.488 e. The van der Waals surface area contributed by atoms with E-state index in [1.165, 1.54) is 49.9 Å². The van der Waals surface area contributed by atoms with Crippen LogP contribution in [0.3, 0.4) is 0 Å². The maximum atomic E-state index is 13.4. The normalized spacial score (nSPS) is 12.9. The van der Waals surface area contributed by atoms with E-state index in [-0.39, 0.29) is 17.0 Å². The third-order valence-corrected chi connectivity index (χ3v) is 18.8. The summed E-state index contributed by atoms with van der Waals surface area (Å²) < 4.78 is 21.8. The zero-order chi connectivity index (χ0) is 71.6. The molecule has 0 atom stereocenters. The molecule has 1 amide bonds. The molecule has 2 aliphatic rings. The molecule has 19 nitrogen and oxygen atoms in total. The number of halogens is 5. The molecule has 2 fully saturated rings. The molecule has 4 heterocycles. The van der Waals surface area contributed by atoms with Crippen molar-refractivity contribution in [3.63, 3.8) is 0 Å². The van der Waals surface area contributed by atoms with Crippen molar-refractivity contribution in [2.24, 2.45) is 0 Å². The highest BCUT2D eigenvalue weighted by molar-refractivity contribution is 9.10. The Bertz CT molecular complexity index is 4410. The van der Waals surface area contributed by atoms with Crippen molar-refractivity contribution in [3.05, 3.63) is 204 Å². The van der Waals surface area contributed by atoms with Crippen LogP contribution in [0.1, 0.15) is 56.8 Å². The Labute approximate surface area is 606 Å². The second kappa shape index (κ2) is 36.0. The van der Waals surface area contributed by atoms with E-state index in [9.17, 15) is 14.7 Å². The van der Waals surface area contributed by atoms with E-state index in [4.69, 9.17) is 81.1 Å². The SMILES string of the molecule is CCN1CCN(c2ccc(N)cc2)CC1.CCN1CCN(c2ccc(NC(=O)c3ccc(-c4c(Cl)c(C)cc(OC)c4Cl)c4nccnc34)cc2)CC1.COc1cc(C)c(Cl)c(-c2ccc(C(=O)O)c3nccnc23)c1Cl.COc1cc(C)cc(B(O)O)c1.COc1cc(C)cc(Br)c1. The number of carboxylic acids is 1.